The van der Waals surface area contributed by atoms with E-state index in [1.807, 2.05) is 31.4 Å². The smallest absolute Gasteiger partial charge is 0.241 e. The molecular weight excluding hydrogens is 288 g/mol. The Labute approximate surface area is 127 Å². The Morgan fingerprint density at radius 2 is 2.33 bits per heavy atom. The van der Waals surface area contributed by atoms with Gasteiger partial charge in [-0.2, -0.15) is 11.8 Å². The number of nitrogens with zero attached hydrogens (tertiary/aromatic N) is 4. The Bertz CT molecular complexity index is 601. The molecule has 0 unspecified atom stereocenters. The Balaban J connectivity index is 2.12. The van der Waals surface area contributed by atoms with E-state index >= 15 is 0 Å². The van der Waals surface area contributed by atoms with Crippen LogP contribution >= 0.6 is 11.8 Å². The van der Waals surface area contributed by atoms with Gasteiger partial charge in [0.25, 0.3) is 0 Å². The van der Waals surface area contributed by atoms with E-state index in [9.17, 15) is 4.79 Å². The molecule has 0 spiro atoms. The maximum Gasteiger partial charge on any atom is 0.241 e. The van der Waals surface area contributed by atoms with Gasteiger partial charge in [0.15, 0.2) is 0 Å². The molecule has 0 aliphatic heterocycles. The van der Waals surface area contributed by atoms with E-state index in [4.69, 9.17) is 5.73 Å². The molecule has 0 fully saturated rings. The minimum atomic E-state index is -0.506. The molecule has 1 amide bonds. The quantitative estimate of drug-likeness (QED) is 0.825. The molecule has 0 saturated carbocycles. The van der Waals surface area contributed by atoms with Crippen molar-refractivity contribution in [1.82, 2.24) is 20.2 Å². The monoisotopic (exact) mass is 306 g/mol. The van der Waals surface area contributed by atoms with E-state index in [1.54, 1.807) is 11.8 Å². The van der Waals surface area contributed by atoms with E-state index in [-0.39, 0.29) is 5.91 Å². The van der Waals surface area contributed by atoms with Crippen molar-refractivity contribution >= 4 is 23.4 Å². The summed E-state index contributed by atoms with van der Waals surface area (Å²) in [5.41, 5.74) is 8.32. The summed E-state index contributed by atoms with van der Waals surface area (Å²) in [5.74, 6) is 0.680. The number of carbonyl (C=O) groups excluding carboxylic acids is 1. The van der Waals surface area contributed by atoms with Gasteiger partial charge in [-0.15, -0.1) is 5.10 Å². The molecule has 1 aromatic heterocycles. The number of thioether (sulfide) groups is 1. The van der Waals surface area contributed by atoms with E-state index in [1.165, 1.54) is 11.0 Å². The van der Waals surface area contributed by atoms with Crippen LogP contribution < -0.4 is 11.1 Å². The highest BCUT2D eigenvalue weighted by atomic mass is 32.2. The van der Waals surface area contributed by atoms with Gasteiger partial charge < -0.3 is 11.1 Å². The Kier molecular flexibility index (Phi) is 5.29. The number of benzene rings is 1. The second-order valence-electron chi connectivity index (χ2n) is 4.63. The van der Waals surface area contributed by atoms with Crippen molar-refractivity contribution in [1.29, 1.82) is 0 Å². The molecule has 1 aromatic carbocycles. The fraction of sp³-hybridized carbons (Fsp3) is 0.385. The van der Waals surface area contributed by atoms with Crippen LogP contribution in [0.5, 0.6) is 0 Å². The van der Waals surface area contributed by atoms with Gasteiger partial charge in [0.05, 0.1) is 11.7 Å². The number of nitrogens with two attached hydrogens (primary N) is 1. The molecule has 0 radical (unpaired) electrons. The molecule has 0 aliphatic rings. The first-order valence-corrected chi connectivity index (χ1v) is 7.90. The molecule has 8 heteroatoms. The molecule has 7 nitrogen and oxygen atoms in total. The number of rotatable bonds is 6. The van der Waals surface area contributed by atoms with Crippen LogP contribution in [0.25, 0.3) is 5.69 Å². The van der Waals surface area contributed by atoms with Crippen molar-refractivity contribution in [3.8, 4) is 5.69 Å². The summed E-state index contributed by atoms with van der Waals surface area (Å²) < 4.78 is 1.53. The Morgan fingerprint density at radius 1 is 1.52 bits per heavy atom. The van der Waals surface area contributed by atoms with Crippen LogP contribution in [0.1, 0.15) is 12.0 Å². The number of carbonyl (C=O) groups is 1. The number of tetrazole rings is 1. The zero-order valence-electron chi connectivity index (χ0n) is 12.0. The fourth-order valence-electron chi connectivity index (χ4n) is 1.77. The largest absolute Gasteiger partial charge is 0.324 e. The highest BCUT2D eigenvalue weighted by molar-refractivity contribution is 7.98. The fourth-order valence-corrected chi connectivity index (χ4v) is 2.26. The predicted octanol–water partition coefficient (Wildman–Crippen LogP) is 0.990. The summed E-state index contributed by atoms with van der Waals surface area (Å²) in [7, 11) is 0. The first-order chi connectivity index (χ1) is 10.1. The number of anilines is 1. The number of hydrogen-bond donors (Lipinski definition) is 2. The number of nitrogens with one attached hydrogen (secondary N) is 1. The maximum absolute atomic E-state index is 12.1. The van der Waals surface area contributed by atoms with Crippen LogP contribution in [-0.4, -0.2) is 44.2 Å². The van der Waals surface area contributed by atoms with Crippen molar-refractivity contribution in [3.05, 3.63) is 30.1 Å². The summed E-state index contributed by atoms with van der Waals surface area (Å²) in [5, 5.41) is 13.9. The average molecular weight is 306 g/mol. The van der Waals surface area contributed by atoms with Crippen LogP contribution in [0, 0.1) is 6.92 Å². The predicted molar refractivity (Wildman–Crippen MR) is 83.5 cm³/mol. The zero-order chi connectivity index (χ0) is 15.2. The van der Waals surface area contributed by atoms with Gasteiger partial charge in [-0.05, 0) is 53.5 Å². The second-order valence-corrected chi connectivity index (χ2v) is 5.62. The first kappa shape index (κ1) is 15.5. The summed E-state index contributed by atoms with van der Waals surface area (Å²) in [6.45, 7) is 1.92. The lowest BCUT2D eigenvalue weighted by atomic mass is 10.1. The van der Waals surface area contributed by atoms with Gasteiger partial charge in [-0.1, -0.05) is 6.07 Å². The van der Waals surface area contributed by atoms with Gasteiger partial charge in [-0.25, -0.2) is 4.68 Å². The number of aryl methyl sites for hydroxylation is 1. The molecule has 0 bridgehead atoms. The van der Waals surface area contributed by atoms with Crippen molar-refractivity contribution in [2.24, 2.45) is 5.73 Å². The molecule has 1 heterocycles. The highest BCUT2D eigenvalue weighted by Gasteiger charge is 2.14. The molecule has 0 saturated heterocycles. The molecule has 112 valence electrons. The molecule has 3 N–H and O–H groups in total. The SMILES string of the molecule is CSCC[C@@H](N)C(=O)Nc1cc(-n2cnnn2)ccc1C. The van der Waals surface area contributed by atoms with Crippen LogP contribution in [-0.2, 0) is 4.79 Å². The zero-order valence-corrected chi connectivity index (χ0v) is 12.8. The molecular formula is C13H18N6OS. The summed E-state index contributed by atoms with van der Waals surface area (Å²) in [4.78, 5) is 12.1. The Morgan fingerprint density at radius 3 is 3.00 bits per heavy atom. The van der Waals surface area contributed by atoms with Gasteiger partial charge in [-0.3, -0.25) is 4.79 Å². The lowest BCUT2D eigenvalue weighted by Gasteiger charge is -2.14. The molecule has 21 heavy (non-hydrogen) atoms. The van der Waals surface area contributed by atoms with Crippen LogP contribution in [0.15, 0.2) is 24.5 Å². The van der Waals surface area contributed by atoms with Crippen molar-refractivity contribution < 1.29 is 4.79 Å². The van der Waals surface area contributed by atoms with Crippen LogP contribution in [0.3, 0.4) is 0 Å². The Hall–Kier alpha value is -1.93. The van der Waals surface area contributed by atoms with Gasteiger partial charge in [0.2, 0.25) is 5.91 Å². The van der Waals surface area contributed by atoms with Gasteiger partial charge in [0, 0.05) is 5.69 Å². The molecule has 2 aromatic rings. The molecule has 1 atom stereocenters. The lowest BCUT2D eigenvalue weighted by Crippen LogP contribution is -2.36. The normalized spacial score (nSPS) is 12.1. The van der Waals surface area contributed by atoms with Crippen molar-refractivity contribution in [2.75, 3.05) is 17.3 Å². The van der Waals surface area contributed by atoms with E-state index in [0.29, 0.717) is 12.1 Å². The third-order valence-electron chi connectivity index (χ3n) is 3.06. The summed E-state index contributed by atoms with van der Waals surface area (Å²) in [6.07, 6.45) is 4.14. The average Bonchev–Trinajstić information content (AvgIpc) is 3.01. The number of amides is 1. The second kappa shape index (κ2) is 7.19. The topological polar surface area (TPSA) is 98.7 Å². The van der Waals surface area contributed by atoms with E-state index < -0.39 is 6.04 Å². The number of hydrogen-bond acceptors (Lipinski definition) is 6. The van der Waals surface area contributed by atoms with E-state index in [2.05, 4.69) is 20.8 Å². The van der Waals surface area contributed by atoms with Crippen LogP contribution in [0.4, 0.5) is 5.69 Å². The third kappa shape index (κ3) is 4.02. The first-order valence-electron chi connectivity index (χ1n) is 6.51. The van der Waals surface area contributed by atoms with Crippen LogP contribution in [0.2, 0.25) is 0 Å². The minimum Gasteiger partial charge on any atom is -0.324 e. The van der Waals surface area contributed by atoms with E-state index in [0.717, 1.165) is 17.0 Å². The lowest BCUT2D eigenvalue weighted by molar-refractivity contribution is -0.117. The van der Waals surface area contributed by atoms with Gasteiger partial charge >= 0.3 is 0 Å². The number of aromatic nitrogens is 4. The summed E-state index contributed by atoms with van der Waals surface area (Å²) >= 11 is 1.67. The molecule has 2 rings (SSSR count). The van der Waals surface area contributed by atoms with Crippen molar-refractivity contribution in [2.45, 2.75) is 19.4 Å². The van der Waals surface area contributed by atoms with Gasteiger partial charge in [0.1, 0.15) is 6.33 Å². The standard InChI is InChI=1S/C13H18N6OS/c1-9-3-4-10(19-8-15-17-18-19)7-12(9)16-13(20)11(14)5-6-21-2/h3-4,7-8,11H,5-6,14H2,1-2H3,(H,16,20)/t11-/m1/s1. The minimum absolute atomic E-state index is 0.180. The molecule has 0 aliphatic carbocycles. The summed E-state index contributed by atoms with van der Waals surface area (Å²) in [6, 6.07) is 5.11. The van der Waals surface area contributed by atoms with Crippen molar-refractivity contribution in [3.63, 3.8) is 0 Å². The maximum atomic E-state index is 12.1. The highest BCUT2D eigenvalue weighted by Crippen LogP contribution is 2.19. The third-order valence-corrected chi connectivity index (χ3v) is 3.71.